The van der Waals surface area contributed by atoms with E-state index in [0.717, 1.165) is 17.2 Å². The van der Waals surface area contributed by atoms with E-state index >= 15 is 0 Å². The molecule has 0 atom stereocenters. The first-order chi connectivity index (χ1) is 8.76. The second-order valence-corrected chi connectivity index (χ2v) is 4.29. The first-order valence-corrected chi connectivity index (χ1v) is 6.61. The van der Waals surface area contributed by atoms with Crippen molar-refractivity contribution in [3.8, 4) is 11.4 Å². The van der Waals surface area contributed by atoms with Crippen molar-refractivity contribution in [1.82, 2.24) is 14.8 Å². The van der Waals surface area contributed by atoms with E-state index in [4.69, 9.17) is 4.74 Å². The SMILES string of the molecule is COCCn1c(CBr)nnc1-c1ccc(F)cc1. The van der Waals surface area contributed by atoms with E-state index in [0.29, 0.717) is 18.5 Å². The van der Waals surface area contributed by atoms with Crippen LogP contribution in [0, 0.1) is 5.82 Å². The quantitative estimate of drug-likeness (QED) is 0.797. The Bertz CT molecular complexity index is 513. The topological polar surface area (TPSA) is 39.9 Å². The molecule has 1 heterocycles. The first-order valence-electron chi connectivity index (χ1n) is 5.49. The van der Waals surface area contributed by atoms with Crippen molar-refractivity contribution in [3.63, 3.8) is 0 Å². The molecule has 0 aliphatic heterocycles. The Labute approximate surface area is 113 Å². The van der Waals surface area contributed by atoms with Gasteiger partial charge in [-0.3, -0.25) is 0 Å². The fourth-order valence-corrected chi connectivity index (χ4v) is 2.08. The summed E-state index contributed by atoms with van der Waals surface area (Å²) < 4.78 is 19.9. The molecule has 0 spiro atoms. The summed E-state index contributed by atoms with van der Waals surface area (Å²) in [6.45, 7) is 1.24. The molecule has 0 aliphatic rings. The van der Waals surface area contributed by atoms with E-state index < -0.39 is 0 Å². The molecule has 0 bridgehead atoms. The highest BCUT2D eigenvalue weighted by atomic mass is 79.9. The van der Waals surface area contributed by atoms with Crippen LogP contribution in [0.1, 0.15) is 5.82 Å². The minimum atomic E-state index is -0.262. The molecule has 1 aromatic heterocycles. The lowest BCUT2D eigenvalue weighted by molar-refractivity contribution is 0.187. The Morgan fingerprint density at radius 2 is 2.00 bits per heavy atom. The number of aromatic nitrogens is 3. The number of ether oxygens (including phenoxy) is 1. The molecule has 2 rings (SSSR count). The van der Waals surface area contributed by atoms with Crippen molar-refractivity contribution in [2.45, 2.75) is 11.9 Å². The van der Waals surface area contributed by atoms with E-state index in [-0.39, 0.29) is 5.82 Å². The number of halogens is 2. The molecule has 0 aliphatic carbocycles. The third-order valence-electron chi connectivity index (χ3n) is 2.57. The van der Waals surface area contributed by atoms with Gasteiger partial charge in [0.2, 0.25) is 0 Å². The molecule has 1 aromatic carbocycles. The Morgan fingerprint density at radius 3 is 2.61 bits per heavy atom. The van der Waals surface area contributed by atoms with E-state index in [1.54, 1.807) is 19.2 Å². The molecule has 18 heavy (non-hydrogen) atoms. The smallest absolute Gasteiger partial charge is 0.164 e. The van der Waals surface area contributed by atoms with Crippen LogP contribution < -0.4 is 0 Å². The summed E-state index contributed by atoms with van der Waals surface area (Å²) in [4.78, 5) is 0. The second-order valence-electron chi connectivity index (χ2n) is 3.72. The van der Waals surface area contributed by atoms with Crippen LogP contribution in [0.2, 0.25) is 0 Å². The van der Waals surface area contributed by atoms with Crippen LogP contribution in [-0.2, 0) is 16.6 Å². The molecule has 0 fully saturated rings. The lowest BCUT2D eigenvalue weighted by Gasteiger charge is -2.08. The average Bonchev–Trinajstić information content (AvgIpc) is 2.80. The lowest BCUT2D eigenvalue weighted by Crippen LogP contribution is -2.09. The normalized spacial score (nSPS) is 10.8. The van der Waals surface area contributed by atoms with Crippen LogP contribution in [0.25, 0.3) is 11.4 Å². The van der Waals surface area contributed by atoms with Crippen molar-refractivity contribution in [2.24, 2.45) is 0 Å². The van der Waals surface area contributed by atoms with E-state index in [1.165, 1.54) is 12.1 Å². The summed E-state index contributed by atoms with van der Waals surface area (Å²) in [5.41, 5.74) is 0.840. The Hall–Kier alpha value is -1.27. The summed E-state index contributed by atoms with van der Waals surface area (Å²) in [6, 6.07) is 6.22. The monoisotopic (exact) mass is 313 g/mol. The highest BCUT2D eigenvalue weighted by Gasteiger charge is 2.12. The number of benzene rings is 1. The summed E-state index contributed by atoms with van der Waals surface area (Å²) >= 11 is 3.37. The zero-order valence-electron chi connectivity index (χ0n) is 9.94. The van der Waals surface area contributed by atoms with Gasteiger partial charge in [-0.25, -0.2) is 4.39 Å². The Morgan fingerprint density at radius 1 is 1.28 bits per heavy atom. The van der Waals surface area contributed by atoms with Gasteiger partial charge in [-0.05, 0) is 24.3 Å². The zero-order chi connectivity index (χ0) is 13.0. The van der Waals surface area contributed by atoms with Crippen LogP contribution >= 0.6 is 15.9 Å². The predicted octanol–water partition coefficient (Wildman–Crippen LogP) is 2.63. The number of hydrogen-bond acceptors (Lipinski definition) is 3. The fraction of sp³-hybridized carbons (Fsp3) is 0.333. The van der Waals surface area contributed by atoms with Crippen molar-refractivity contribution in [2.75, 3.05) is 13.7 Å². The molecule has 0 N–H and O–H groups in total. The minimum Gasteiger partial charge on any atom is -0.383 e. The number of methoxy groups -OCH3 is 1. The number of alkyl halides is 1. The maximum atomic E-state index is 12.9. The van der Waals surface area contributed by atoms with Gasteiger partial charge in [-0.2, -0.15) is 0 Å². The molecule has 6 heteroatoms. The first kappa shape index (κ1) is 13.2. The third kappa shape index (κ3) is 2.76. The number of hydrogen-bond donors (Lipinski definition) is 0. The molecular formula is C12H13BrFN3O. The number of rotatable bonds is 5. The van der Waals surface area contributed by atoms with E-state index in [2.05, 4.69) is 26.1 Å². The van der Waals surface area contributed by atoms with Gasteiger partial charge in [0.15, 0.2) is 5.82 Å². The van der Waals surface area contributed by atoms with Crippen LogP contribution in [0.4, 0.5) is 4.39 Å². The molecule has 0 saturated heterocycles. The molecule has 0 unspecified atom stereocenters. The van der Waals surface area contributed by atoms with Crippen LogP contribution in [0.3, 0.4) is 0 Å². The van der Waals surface area contributed by atoms with Crippen molar-refractivity contribution >= 4 is 15.9 Å². The maximum Gasteiger partial charge on any atom is 0.164 e. The summed E-state index contributed by atoms with van der Waals surface area (Å²) in [5, 5.41) is 8.86. The maximum absolute atomic E-state index is 12.9. The standard InChI is InChI=1S/C12H13BrFN3O/c1-18-7-6-17-11(8-13)15-16-12(17)9-2-4-10(14)5-3-9/h2-5H,6-8H2,1H3. The Balaban J connectivity index is 2.37. The highest BCUT2D eigenvalue weighted by Crippen LogP contribution is 2.19. The fourth-order valence-electron chi connectivity index (χ4n) is 1.66. The van der Waals surface area contributed by atoms with Gasteiger partial charge < -0.3 is 9.30 Å². The van der Waals surface area contributed by atoms with Gasteiger partial charge in [0, 0.05) is 19.2 Å². The summed E-state index contributed by atoms with van der Waals surface area (Å²) in [5.74, 6) is 1.29. The lowest BCUT2D eigenvalue weighted by atomic mass is 10.2. The Kier molecular flexibility index (Phi) is 4.43. The molecule has 0 amide bonds. The predicted molar refractivity (Wildman–Crippen MR) is 69.9 cm³/mol. The summed E-state index contributed by atoms with van der Waals surface area (Å²) in [6.07, 6.45) is 0. The second kappa shape index (κ2) is 6.06. The van der Waals surface area contributed by atoms with Gasteiger partial charge in [-0.15, -0.1) is 10.2 Å². The molecule has 0 radical (unpaired) electrons. The summed E-state index contributed by atoms with van der Waals surface area (Å²) in [7, 11) is 1.65. The van der Waals surface area contributed by atoms with Gasteiger partial charge in [0.05, 0.1) is 11.9 Å². The van der Waals surface area contributed by atoms with Crippen LogP contribution in [-0.4, -0.2) is 28.5 Å². The van der Waals surface area contributed by atoms with Gasteiger partial charge in [-0.1, -0.05) is 15.9 Å². The average molecular weight is 314 g/mol. The van der Waals surface area contributed by atoms with Crippen molar-refractivity contribution < 1.29 is 9.13 Å². The molecule has 4 nitrogen and oxygen atoms in total. The van der Waals surface area contributed by atoms with Gasteiger partial charge in [0.1, 0.15) is 11.6 Å². The van der Waals surface area contributed by atoms with Gasteiger partial charge >= 0.3 is 0 Å². The van der Waals surface area contributed by atoms with Crippen LogP contribution in [0.15, 0.2) is 24.3 Å². The van der Waals surface area contributed by atoms with Gasteiger partial charge in [0.25, 0.3) is 0 Å². The van der Waals surface area contributed by atoms with E-state index in [9.17, 15) is 4.39 Å². The third-order valence-corrected chi connectivity index (χ3v) is 3.07. The molecule has 96 valence electrons. The molecule has 0 saturated carbocycles. The van der Waals surface area contributed by atoms with Crippen LogP contribution in [0.5, 0.6) is 0 Å². The number of nitrogens with zero attached hydrogens (tertiary/aromatic N) is 3. The molecular weight excluding hydrogens is 301 g/mol. The van der Waals surface area contributed by atoms with E-state index in [1.807, 2.05) is 4.57 Å². The van der Waals surface area contributed by atoms with Crippen molar-refractivity contribution in [1.29, 1.82) is 0 Å². The zero-order valence-corrected chi connectivity index (χ0v) is 11.5. The highest BCUT2D eigenvalue weighted by molar-refractivity contribution is 9.08. The van der Waals surface area contributed by atoms with Crippen molar-refractivity contribution in [3.05, 3.63) is 35.9 Å². The minimum absolute atomic E-state index is 0.262. The molecule has 2 aromatic rings. The largest absolute Gasteiger partial charge is 0.383 e.